The van der Waals surface area contributed by atoms with E-state index in [1.54, 1.807) is 0 Å². The van der Waals surface area contributed by atoms with Crippen molar-refractivity contribution >= 4 is 3.21 Å². The van der Waals surface area contributed by atoms with Gasteiger partial charge >= 0.3 is 339 Å². The van der Waals surface area contributed by atoms with Crippen molar-refractivity contribution in [1.29, 1.82) is 0 Å². The Morgan fingerprint density at radius 1 is 0.446 bits per heavy atom. The van der Waals surface area contributed by atoms with Crippen molar-refractivity contribution in [3.05, 3.63) is 153 Å². The van der Waals surface area contributed by atoms with Crippen molar-refractivity contribution in [1.82, 2.24) is 0 Å². The summed E-state index contributed by atoms with van der Waals surface area (Å²) in [6.45, 7) is 26.9. The van der Waals surface area contributed by atoms with Gasteiger partial charge in [-0.05, 0) is 0 Å². The van der Waals surface area contributed by atoms with Crippen molar-refractivity contribution in [3.8, 4) is 11.1 Å². The van der Waals surface area contributed by atoms with Gasteiger partial charge in [-0.2, -0.15) is 0 Å². The van der Waals surface area contributed by atoms with Gasteiger partial charge in [0.25, 0.3) is 0 Å². The molecule has 0 unspecified atom stereocenters. The van der Waals surface area contributed by atoms with E-state index in [9.17, 15) is 26.3 Å². The molecular formula is C49H54F6Zr. The predicted octanol–water partition coefficient (Wildman–Crippen LogP) is 14.8. The Hall–Kier alpha value is -3.31. The first-order valence-corrected chi connectivity index (χ1v) is 23.5. The summed E-state index contributed by atoms with van der Waals surface area (Å²) in [5.74, 6) is 0. The molecule has 0 aliphatic heterocycles. The molecular weight excluding hydrogens is 794 g/mol. The van der Waals surface area contributed by atoms with E-state index >= 15 is 0 Å². The molecule has 0 nitrogen and oxygen atoms in total. The van der Waals surface area contributed by atoms with Crippen molar-refractivity contribution in [2.24, 2.45) is 0 Å². The molecule has 6 rings (SSSR count). The van der Waals surface area contributed by atoms with Crippen molar-refractivity contribution in [2.75, 3.05) is 0 Å². The maximum absolute atomic E-state index is 14.0. The third kappa shape index (κ3) is 8.18. The van der Waals surface area contributed by atoms with E-state index in [0.29, 0.717) is 11.1 Å². The summed E-state index contributed by atoms with van der Waals surface area (Å²) in [5, 5.41) is 0. The molecule has 0 saturated heterocycles. The van der Waals surface area contributed by atoms with Crippen LogP contribution in [0.2, 0.25) is 3.63 Å². The molecule has 0 spiro atoms. The number of hydrogen-bond donors (Lipinski definition) is 0. The van der Waals surface area contributed by atoms with Crippen LogP contribution in [-0.2, 0) is 55.3 Å². The predicted molar refractivity (Wildman–Crippen MR) is 217 cm³/mol. The van der Waals surface area contributed by atoms with Gasteiger partial charge in [0.1, 0.15) is 0 Å². The first kappa shape index (κ1) is 42.3. The Labute approximate surface area is 337 Å². The Bertz CT molecular complexity index is 2080. The summed E-state index contributed by atoms with van der Waals surface area (Å²) in [7, 11) is 0. The fourth-order valence-electron chi connectivity index (χ4n) is 8.46. The zero-order valence-corrected chi connectivity index (χ0v) is 37.1. The minimum atomic E-state index is -4.53. The second-order valence-electron chi connectivity index (χ2n) is 19.7. The van der Waals surface area contributed by atoms with Gasteiger partial charge in [0.15, 0.2) is 0 Å². The fraction of sp³-hybridized carbons (Fsp3) is 0.408. The average molecular weight is 848 g/mol. The Kier molecular flexibility index (Phi) is 10.7. The van der Waals surface area contributed by atoms with Gasteiger partial charge in [0.2, 0.25) is 0 Å². The number of hydrogen-bond acceptors (Lipinski definition) is 0. The summed E-state index contributed by atoms with van der Waals surface area (Å²) >= 11 is -3.49. The molecule has 56 heavy (non-hydrogen) atoms. The van der Waals surface area contributed by atoms with Gasteiger partial charge in [-0.15, -0.1) is 0 Å². The van der Waals surface area contributed by atoms with Crippen LogP contribution >= 0.6 is 0 Å². The number of fused-ring (bicyclic) bond motifs is 3. The summed E-state index contributed by atoms with van der Waals surface area (Å²) in [6, 6.07) is 20.2. The monoisotopic (exact) mass is 846 g/mol. The number of rotatable bonds is 4. The molecule has 0 radical (unpaired) electrons. The number of halogens is 6. The summed E-state index contributed by atoms with van der Waals surface area (Å²) < 4.78 is 84.6. The topological polar surface area (TPSA) is 0 Å². The second kappa shape index (κ2) is 14.2. The van der Waals surface area contributed by atoms with Crippen LogP contribution in [0.15, 0.2) is 97.1 Å². The minimum absolute atomic E-state index is 0.0125. The van der Waals surface area contributed by atoms with E-state index in [2.05, 4.69) is 120 Å². The molecule has 4 aromatic rings. The standard InChI is InChI=1S/C29H41.C15H8F6.C5H5.Zr/c1-26(2,3)22-14-18-13-19-15-23(27(4,5)6)25(29(10,11)12)17-21(19)20(18)16-24(22)28(7,8)9;16-14(17,18)12-5-1-10(2-6-12)9-11-3-7-13(8-4-11)15(19,20)21;1-2-4-5-3-1;/h13-17H,1-12H3;1-8H;1-5H;. The Morgan fingerprint density at radius 2 is 0.750 bits per heavy atom. The zero-order valence-electron chi connectivity index (χ0n) is 34.7. The molecule has 0 atom stereocenters. The molecule has 0 bridgehead atoms. The third-order valence-electron chi connectivity index (χ3n) is 11.2. The first-order chi connectivity index (χ1) is 25.6. The van der Waals surface area contributed by atoms with E-state index in [0.717, 1.165) is 27.5 Å². The van der Waals surface area contributed by atoms with E-state index < -0.39 is 44.7 Å². The molecule has 7 heteroatoms. The van der Waals surface area contributed by atoms with Crippen LogP contribution in [0, 0.1) is 0 Å². The fourth-order valence-corrected chi connectivity index (χ4v) is 17.8. The van der Waals surface area contributed by atoms with Gasteiger partial charge in [-0.1, -0.05) is 0 Å². The normalized spacial score (nSPS) is 15.4. The van der Waals surface area contributed by atoms with E-state index in [1.807, 2.05) is 12.2 Å². The molecule has 4 aromatic carbocycles. The van der Waals surface area contributed by atoms with E-state index in [4.69, 9.17) is 0 Å². The van der Waals surface area contributed by atoms with Gasteiger partial charge in [-0.3, -0.25) is 0 Å². The Balaban J connectivity index is 1.83. The van der Waals surface area contributed by atoms with E-state index in [1.165, 1.54) is 68.8 Å². The summed E-state index contributed by atoms with van der Waals surface area (Å²) in [4.78, 5) is 0. The SMILES string of the molecule is CC(C)(C)c1cc2c(cc1C(C)(C)C)[CH]([Zr](=[C](c1ccc(C(F)(F)F)cc1)c1ccc(C(F)(F)F)cc1)[CH]1C=CC=C1)c1cc(C(C)(C)C)c(C(C)(C)C)cc1-2. The van der Waals surface area contributed by atoms with Crippen LogP contribution in [0.1, 0.15) is 142 Å². The summed E-state index contributed by atoms with van der Waals surface area (Å²) in [5.41, 5.74) is 8.83. The van der Waals surface area contributed by atoms with Gasteiger partial charge in [0.05, 0.1) is 0 Å². The molecule has 2 aliphatic rings. The second-order valence-corrected chi connectivity index (χ2v) is 26.2. The van der Waals surface area contributed by atoms with Crippen LogP contribution in [0.4, 0.5) is 26.3 Å². The van der Waals surface area contributed by atoms with Gasteiger partial charge in [-0.25, -0.2) is 0 Å². The van der Waals surface area contributed by atoms with Crippen LogP contribution in [-0.4, -0.2) is 3.21 Å². The van der Waals surface area contributed by atoms with Crippen LogP contribution < -0.4 is 0 Å². The van der Waals surface area contributed by atoms with Gasteiger partial charge in [0, 0.05) is 0 Å². The molecule has 0 amide bonds. The molecule has 0 aromatic heterocycles. The molecule has 0 N–H and O–H groups in total. The number of alkyl halides is 6. The number of benzene rings is 4. The van der Waals surface area contributed by atoms with Crippen LogP contribution in [0.3, 0.4) is 0 Å². The van der Waals surface area contributed by atoms with Crippen LogP contribution in [0.5, 0.6) is 0 Å². The number of allylic oxidation sites excluding steroid dienone is 4. The third-order valence-corrected chi connectivity index (χ3v) is 19.8. The molecule has 2 aliphatic carbocycles. The van der Waals surface area contributed by atoms with Crippen molar-refractivity contribution in [3.63, 3.8) is 0 Å². The quantitative estimate of drug-likeness (QED) is 0.180. The van der Waals surface area contributed by atoms with Crippen molar-refractivity contribution < 1.29 is 47.6 Å². The first-order valence-electron chi connectivity index (χ1n) is 19.4. The van der Waals surface area contributed by atoms with Crippen molar-refractivity contribution in [2.45, 2.75) is 124 Å². The Morgan fingerprint density at radius 3 is 1.04 bits per heavy atom. The molecule has 296 valence electrons. The summed E-state index contributed by atoms with van der Waals surface area (Å²) in [6.07, 6.45) is -0.600. The van der Waals surface area contributed by atoms with Crippen LogP contribution in [0.25, 0.3) is 11.1 Å². The average Bonchev–Trinajstić information content (AvgIpc) is 3.70. The molecule has 0 saturated carbocycles. The zero-order chi connectivity index (χ0) is 41.6. The maximum atomic E-state index is 14.0. The molecule has 0 heterocycles. The van der Waals surface area contributed by atoms with Gasteiger partial charge < -0.3 is 0 Å². The molecule has 0 fully saturated rings. The van der Waals surface area contributed by atoms with E-state index in [-0.39, 0.29) is 28.9 Å².